The van der Waals surface area contributed by atoms with Crippen molar-refractivity contribution in [1.29, 1.82) is 0 Å². The molecule has 0 aromatic heterocycles. The fourth-order valence-electron chi connectivity index (χ4n) is 4.56. The van der Waals surface area contributed by atoms with Gasteiger partial charge in [0.1, 0.15) is 6.61 Å². The Morgan fingerprint density at radius 1 is 1.06 bits per heavy atom. The summed E-state index contributed by atoms with van der Waals surface area (Å²) in [5, 5.41) is 11.6. The van der Waals surface area contributed by atoms with Gasteiger partial charge in [-0.15, -0.1) is 0 Å². The lowest BCUT2D eigenvalue weighted by Gasteiger charge is -2.38. The second kappa shape index (κ2) is 9.42. The third-order valence-electron chi connectivity index (χ3n) is 6.27. The van der Waals surface area contributed by atoms with Crippen molar-refractivity contribution >= 4 is 18.0 Å². The first-order chi connectivity index (χ1) is 15.4. The van der Waals surface area contributed by atoms with Crippen LogP contribution >= 0.6 is 0 Å². The molecule has 1 saturated heterocycles. The summed E-state index contributed by atoms with van der Waals surface area (Å²) in [7, 11) is 0. The molecule has 1 heterocycles. The van der Waals surface area contributed by atoms with Crippen LogP contribution in [0, 0.1) is 5.92 Å². The lowest BCUT2D eigenvalue weighted by Crippen LogP contribution is -2.50. The highest BCUT2D eigenvalue weighted by Crippen LogP contribution is 2.44. The molecule has 4 rings (SSSR count). The summed E-state index contributed by atoms with van der Waals surface area (Å²) in [6, 6.07) is 16.2. The largest absolute Gasteiger partial charge is 0.481 e. The first-order valence-electron chi connectivity index (χ1n) is 11.0. The molecule has 32 heavy (non-hydrogen) atoms. The first kappa shape index (κ1) is 21.9. The third-order valence-corrected chi connectivity index (χ3v) is 6.27. The monoisotopic (exact) mass is 436 g/mol. The molecular weight excluding hydrogens is 408 g/mol. The molecule has 2 aromatic carbocycles. The molecule has 0 saturated carbocycles. The molecule has 7 heteroatoms. The van der Waals surface area contributed by atoms with Crippen LogP contribution in [-0.4, -0.2) is 53.7 Å². The van der Waals surface area contributed by atoms with Gasteiger partial charge in [0.25, 0.3) is 0 Å². The number of fused-ring (bicyclic) bond motifs is 3. The number of alkyl carbamates (subject to hydrolysis) is 1. The van der Waals surface area contributed by atoms with Crippen LogP contribution in [0.3, 0.4) is 0 Å². The highest BCUT2D eigenvalue weighted by atomic mass is 16.5. The van der Waals surface area contributed by atoms with Gasteiger partial charge in [0.05, 0.1) is 6.42 Å². The maximum atomic E-state index is 12.3. The van der Waals surface area contributed by atoms with E-state index in [4.69, 9.17) is 9.84 Å². The summed E-state index contributed by atoms with van der Waals surface area (Å²) in [6.45, 7) is 3.10. The number of amides is 2. The molecule has 2 amide bonds. The van der Waals surface area contributed by atoms with Crippen molar-refractivity contribution in [2.24, 2.45) is 5.92 Å². The van der Waals surface area contributed by atoms with Crippen molar-refractivity contribution in [1.82, 2.24) is 10.2 Å². The van der Waals surface area contributed by atoms with Gasteiger partial charge in [-0.05, 0) is 35.6 Å². The van der Waals surface area contributed by atoms with E-state index in [1.54, 1.807) is 4.90 Å². The molecule has 2 aliphatic rings. The SMILES string of the molecule is CC(CCC(=O)N1CC(CC(=O)O)C1)NC(=O)OCC1c2ccccc2-c2ccccc21. The Morgan fingerprint density at radius 3 is 2.25 bits per heavy atom. The molecule has 1 unspecified atom stereocenters. The fraction of sp³-hybridized carbons (Fsp3) is 0.400. The summed E-state index contributed by atoms with van der Waals surface area (Å²) in [5.74, 6) is -0.779. The van der Waals surface area contributed by atoms with Crippen LogP contribution in [0.4, 0.5) is 4.79 Å². The predicted molar refractivity (Wildman–Crippen MR) is 119 cm³/mol. The minimum atomic E-state index is -0.831. The van der Waals surface area contributed by atoms with Crippen molar-refractivity contribution in [2.45, 2.75) is 38.1 Å². The van der Waals surface area contributed by atoms with Gasteiger partial charge < -0.3 is 20.1 Å². The Morgan fingerprint density at radius 2 is 1.66 bits per heavy atom. The van der Waals surface area contributed by atoms with Crippen molar-refractivity contribution in [3.63, 3.8) is 0 Å². The van der Waals surface area contributed by atoms with Gasteiger partial charge in [0.15, 0.2) is 0 Å². The number of carbonyl (C=O) groups excluding carboxylic acids is 2. The molecule has 1 aliphatic carbocycles. The number of nitrogens with zero attached hydrogens (tertiary/aromatic N) is 1. The highest BCUT2D eigenvalue weighted by Gasteiger charge is 2.32. The van der Waals surface area contributed by atoms with Gasteiger partial charge >= 0.3 is 12.1 Å². The minimum absolute atomic E-state index is 0.00664. The average molecular weight is 437 g/mol. The molecule has 1 aliphatic heterocycles. The summed E-state index contributed by atoms with van der Waals surface area (Å²) >= 11 is 0. The molecule has 2 aromatic rings. The van der Waals surface area contributed by atoms with Gasteiger partial charge in [-0.25, -0.2) is 4.79 Å². The molecule has 168 valence electrons. The summed E-state index contributed by atoms with van der Waals surface area (Å²) in [5.41, 5.74) is 4.69. The second-order valence-corrected chi connectivity index (χ2v) is 8.67. The number of likely N-dealkylation sites (tertiary alicyclic amines) is 1. The van der Waals surface area contributed by atoms with E-state index in [0.29, 0.717) is 25.9 Å². The number of rotatable bonds is 8. The molecule has 0 bridgehead atoms. The van der Waals surface area contributed by atoms with E-state index in [0.717, 1.165) is 11.1 Å². The van der Waals surface area contributed by atoms with E-state index in [2.05, 4.69) is 29.6 Å². The van der Waals surface area contributed by atoms with Crippen LogP contribution in [0.2, 0.25) is 0 Å². The second-order valence-electron chi connectivity index (χ2n) is 8.67. The Labute approximate surface area is 187 Å². The number of hydrogen-bond donors (Lipinski definition) is 2. The van der Waals surface area contributed by atoms with Gasteiger partial charge in [0, 0.05) is 37.4 Å². The standard InChI is InChI=1S/C25H28N2O5/c1-16(10-11-23(28)27-13-17(14-27)12-24(29)30)26-25(31)32-15-22-20-8-4-2-6-18(20)19-7-3-5-9-21(19)22/h2-9,16-17,22H,10-15H2,1H3,(H,26,31)(H,29,30). The lowest BCUT2D eigenvalue weighted by molar-refractivity contribution is -0.145. The number of carboxylic acids is 1. The number of carboxylic acid groups (broad SMARTS) is 1. The maximum Gasteiger partial charge on any atom is 0.407 e. The Hall–Kier alpha value is -3.35. The number of ether oxygens (including phenoxy) is 1. The topological polar surface area (TPSA) is 95.9 Å². The normalized spacial score (nSPS) is 16.0. The minimum Gasteiger partial charge on any atom is -0.481 e. The number of hydrogen-bond acceptors (Lipinski definition) is 4. The molecule has 7 nitrogen and oxygen atoms in total. The van der Waals surface area contributed by atoms with Crippen molar-refractivity contribution in [2.75, 3.05) is 19.7 Å². The Bertz CT molecular complexity index is 969. The molecule has 1 fully saturated rings. The van der Waals surface area contributed by atoms with Gasteiger partial charge in [-0.2, -0.15) is 0 Å². The van der Waals surface area contributed by atoms with Crippen molar-refractivity contribution in [3.8, 4) is 11.1 Å². The van der Waals surface area contributed by atoms with Crippen LogP contribution in [0.1, 0.15) is 43.2 Å². The van der Waals surface area contributed by atoms with Gasteiger partial charge in [0.2, 0.25) is 5.91 Å². The van der Waals surface area contributed by atoms with E-state index in [1.165, 1.54) is 11.1 Å². The summed E-state index contributed by atoms with van der Waals surface area (Å²) < 4.78 is 5.55. The smallest absolute Gasteiger partial charge is 0.407 e. The Balaban J connectivity index is 1.22. The van der Waals surface area contributed by atoms with Crippen LogP contribution in [0.25, 0.3) is 11.1 Å². The van der Waals surface area contributed by atoms with Crippen LogP contribution in [-0.2, 0) is 14.3 Å². The van der Waals surface area contributed by atoms with E-state index >= 15 is 0 Å². The van der Waals surface area contributed by atoms with E-state index in [1.807, 2.05) is 31.2 Å². The zero-order valence-corrected chi connectivity index (χ0v) is 18.1. The molecule has 0 radical (unpaired) electrons. The zero-order chi connectivity index (χ0) is 22.7. The predicted octanol–water partition coefficient (Wildman–Crippen LogP) is 3.63. The number of carbonyl (C=O) groups is 3. The summed E-state index contributed by atoms with van der Waals surface area (Å²) in [6.07, 6.45) is 0.425. The Kier molecular flexibility index (Phi) is 6.44. The van der Waals surface area contributed by atoms with Crippen molar-refractivity contribution < 1.29 is 24.2 Å². The quantitative estimate of drug-likeness (QED) is 0.659. The maximum absolute atomic E-state index is 12.3. The number of aliphatic carboxylic acids is 1. The fourth-order valence-corrected chi connectivity index (χ4v) is 4.56. The van der Waals surface area contributed by atoms with Crippen LogP contribution in [0.5, 0.6) is 0 Å². The summed E-state index contributed by atoms with van der Waals surface area (Å²) in [4.78, 5) is 36.9. The zero-order valence-electron chi connectivity index (χ0n) is 18.1. The highest BCUT2D eigenvalue weighted by molar-refractivity contribution is 5.79. The number of benzene rings is 2. The number of nitrogens with one attached hydrogen (secondary N) is 1. The van der Waals surface area contributed by atoms with E-state index in [-0.39, 0.29) is 36.8 Å². The van der Waals surface area contributed by atoms with E-state index in [9.17, 15) is 14.4 Å². The van der Waals surface area contributed by atoms with Crippen LogP contribution < -0.4 is 5.32 Å². The molecule has 2 N–H and O–H groups in total. The average Bonchev–Trinajstić information content (AvgIpc) is 3.06. The molecule has 0 spiro atoms. The lowest BCUT2D eigenvalue weighted by atomic mass is 9.95. The third kappa shape index (κ3) is 4.77. The van der Waals surface area contributed by atoms with Crippen LogP contribution in [0.15, 0.2) is 48.5 Å². The van der Waals surface area contributed by atoms with Crippen molar-refractivity contribution in [3.05, 3.63) is 59.7 Å². The van der Waals surface area contributed by atoms with Gasteiger partial charge in [-0.1, -0.05) is 48.5 Å². The first-order valence-corrected chi connectivity index (χ1v) is 11.0. The van der Waals surface area contributed by atoms with E-state index < -0.39 is 12.1 Å². The van der Waals surface area contributed by atoms with Gasteiger partial charge in [-0.3, -0.25) is 9.59 Å². The molecular formula is C25H28N2O5. The molecule has 1 atom stereocenters.